The summed E-state index contributed by atoms with van der Waals surface area (Å²) in [7, 11) is 0. The fraction of sp³-hybridized carbons (Fsp3) is 0.462. The lowest BCUT2D eigenvalue weighted by atomic mass is 10.1. The highest BCUT2D eigenvalue weighted by molar-refractivity contribution is 5.78. The van der Waals surface area contributed by atoms with Gasteiger partial charge in [0.25, 0.3) is 0 Å². The van der Waals surface area contributed by atoms with E-state index in [2.05, 4.69) is 10.6 Å². The Morgan fingerprint density at radius 2 is 1.81 bits per heavy atom. The van der Waals surface area contributed by atoms with E-state index < -0.39 is 0 Å². The molecule has 0 bridgehead atoms. The van der Waals surface area contributed by atoms with Gasteiger partial charge >= 0.3 is 0 Å². The van der Waals surface area contributed by atoms with Gasteiger partial charge in [0.15, 0.2) is 0 Å². The van der Waals surface area contributed by atoms with Gasteiger partial charge in [0.1, 0.15) is 0 Å². The summed E-state index contributed by atoms with van der Waals surface area (Å²) >= 11 is 0. The number of benzene rings is 1. The minimum absolute atomic E-state index is 0.0325. The summed E-state index contributed by atoms with van der Waals surface area (Å²) in [5.74, 6) is 0.0325. The van der Waals surface area contributed by atoms with E-state index in [1.54, 1.807) is 0 Å². The van der Waals surface area contributed by atoms with Gasteiger partial charge in [0, 0.05) is 6.04 Å². The van der Waals surface area contributed by atoms with E-state index in [1.165, 1.54) is 0 Å². The first-order valence-electron chi connectivity index (χ1n) is 5.67. The Labute approximate surface area is 97.2 Å². The zero-order valence-corrected chi connectivity index (χ0v) is 10.2. The van der Waals surface area contributed by atoms with Crippen LogP contribution in [0.1, 0.15) is 32.4 Å². The van der Waals surface area contributed by atoms with E-state index in [0.717, 1.165) is 5.56 Å². The van der Waals surface area contributed by atoms with Crippen LogP contribution in [0.5, 0.6) is 0 Å². The van der Waals surface area contributed by atoms with E-state index >= 15 is 0 Å². The van der Waals surface area contributed by atoms with Gasteiger partial charge in [0.05, 0.1) is 12.6 Å². The molecule has 0 aliphatic rings. The summed E-state index contributed by atoms with van der Waals surface area (Å²) in [4.78, 5) is 11.6. The second kappa shape index (κ2) is 6.28. The standard InChI is InChI=1S/C13H20N2O/c1-10(2)14-9-13(16)15-11(3)12-7-5-4-6-8-12/h4-8,10-11,14H,9H2,1-3H3,(H,15,16)/t11-/m1/s1. The highest BCUT2D eigenvalue weighted by Gasteiger charge is 2.08. The van der Waals surface area contributed by atoms with Crippen molar-refractivity contribution in [1.29, 1.82) is 0 Å². The Balaban J connectivity index is 2.40. The Bertz CT molecular complexity index is 322. The number of hydrogen-bond donors (Lipinski definition) is 2. The molecule has 3 nitrogen and oxygen atoms in total. The zero-order valence-electron chi connectivity index (χ0n) is 10.2. The van der Waals surface area contributed by atoms with Gasteiger partial charge in [0.2, 0.25) is 5.91 Å². The van der Waals surface area contributed by atoms with Crippen molar-refractivity contribution in [2.24, 2.45) is 0 Å². The number of nitrogens with one attached hydrogen (secondary N) is 2. The molecular formula is C13H20N2O. The van der Waals surface area contributed by atoms with Crippen LogP contribution in [-0.2, 0) is 4.79 Å². The van der Waals surface area contributed by atoms with Crippen LogP contribution in [0.2, 0.25) is 0 Å². The first-order chi connectivity index (χ1) is 7.59. The SMILES string of the molecule is CC(C)NCC(=O)N[C@H](C)c1ccccc1. The van der Waals surface area contributed by atoms with Crippen LogP contribution in [0.4, 0.5) is 0 Å². The molecule has 0 saturated carbocycles. The van der Waals surface area contributed by atoms with Crippen LogP contribution >= 0.6 is 0 Å². The van der Waals surface area contributed by atoms with Gasteiger partial charge in [-0.25, -0.2) is 0 Å². The molecule has 0 aliphatic carbocycles. The van der Waals surface area contributed by atoms with E-state index in [-0.39, 0.29) is 11.9 Å². The Morgan fingerprint density at radius 3 is 2.38 bits per heavy atom. The normalized spacial score (nSPS) is 12.5. The molecule has 0 fully saturated rings. The van der Waals surface area contributed by atoms with Crippen molar-refractivity contribution in [3.63, 3.8) is 0 Å². The molecule has 0 heterocycles. The number of hydrogen-bond acceptors (Lipinski definition) is 2. The molecule has 16 heavy (non-hydrogen) atoms. The van der Waals surface area contributed by atoms with Crippen molar-refractivity contribution in [1.82, 2.24) is 10.6 Å². The second-order valence-corrected chi connectivity index (χ2v) is 4.24. The summed E-state index contributed by atoms with van der Waals surface area (Å²) < 4.78 is 0. The van der Waals surface area contributed by atoms with Crippen LogP contribution in [0.3, 0.4) is 0 Å². The lowest BCUT2D eigenvalue weighted by Gasteiger charge is -2.15. The van der Waals surface area contributed by atoms with Gasteiger partial charge in [-0.05, 0) is 12.5 Å². The molecule has 3 heteroatoms. The molecule has 0 radical (unpaired) electrons. The topological polar surface area (TPSA) is 41.1 Å². The maximum atomic E-state index is 11.6. The van der Waals surface area contributed by atoms with Gasteiger partial charge in [-0.15, -0.1) is 0 Å². The molecule has 0 aromatic heterocycles. The van der Waals surface area contributed by atoms with E-state index in [0.29, 0.717) is 12.6 Å². The van der Waals surface area contributed by atoms with Crippen LogP contribution in [0, 0.1) is 0 Å². The zero-order chi connectivity index (χ0) is 12.0. The average molecular weight is 220 g/mol. The highest BCUT2D eigenvalue weighted by atomic mass is 16.1. The van der Waals surface area contributed by atoms with Gasteiger partial charge in [-0.2, -0.15) is 0 Å². The van der Waals surface area contributed by atoms with Crippen LogP contribution in [0.25, 0.3) is 0 Å². The Hall–Kier alpha value is -1.35. The third-order valence-corrected chi connectivity index (χ3v) is 2.35. The lowest BCUT2D eigenvalue weighted by molar-refractivity contribution is -0.121. The first kappa shape index (κ1) is 12.7. The van der Waals surface area contributed by atoms with Crippen LogP contribution < -0.4 is 10.6 Å². The Kier molecular flexibility index (Phi) is 4.99. The highest BCUT2D eigenvalue weighted by Crippen LogP contribution is 2.10. The van der Waals surface area contributed by atoms with Crippen molar-refractivity contribution in [2.45, 2.75) is 32.9 Å². The van der Waals surface area contributed by atoms with Gasteiger partial charge < -0.3 is 10.6 Å². The fourth-order valence-corrected chi connectivity index (χ4v) is 1.41. The minimum Gasteiger partial charge on any atom is -0.348 e. The maximum absolute atomic E-state index is 11.6. The number of carbonyl (C=O) groups excluding carboxylic acids is 1. The number of carbonyl (C=O) groups is 1. The van der Waals surface area contributed by atoms with Crippen LogP contribution in [0.15, 0.2) is 30.3 Å². The summed E-state index contributed by atoms with van der Waals surface area (Å²) in [5.41, 5.74) is 1.13. The van der Waals surface area contributed by atoms with Crippen molar-refractivity contribution in [2.75, 3.05) is 6.54 Å². The fourth-order valence-electron chi connectivity index (χ4n) is 1.41. The van der Waals surface area contributed by atoms with Crippen molar-refractivity contribution in [3.8, 4) is 0 Å². The summed E-state index contributed by atoms with van der Waals surface area (Å²) in [6.45, 7) is 6.40. The van der Waals surface area contributed by atoms with Gasteiger partial charge in [-0.3, -0.25) is 4.79 Å². The monoisotopic (exact) mass is 220 g/mol. The predicted molar refractivity (Wildman–Crippen MR) is 66.1 cm³/mol. The van der Waals surface area contributed by atoms with Crippen LogP contribution in [-0.4, -0.2) is 18.5 Å². The molecule has 0 aliphatic heterocycles. The molecule has 2 N–H and O–H groups in total. The number of amides is 1. The molecule has 1 aromatic rings. The average Bonchev–Trinajstić information content (AvgIpc) is 2.27. The molecular weight excluding hydrogens is 200 g/mol. The molecule has 0 spiro atoms. The molecule has 1 amide bonds. The molecule has 1 atom stereocenters. The Morgan fingerprint density at radius 1 is 1.19 bits per heavy atom. The first-order valence-corrected chi connectivity index (χ1v) is 5.67. The molecule has 0 unspecified atom stereocenters. The molecule has 1 aromatic carbocycles. The van der Waals surface area contributed by atoms with E-state index in [1.807, 2.05) is 51.1 Å². The van der Waals surface area contributed by atoms with Gasteiger partial charge in [-0.1, -0.05) is 44.2 Å². The van der Waals surface area contributed by atoms with E-state index in [4.69, 9.17) is 0 Å². The second-order valence-electron chi connectivity index (χ2n) is 4.24. The molecule has 0 saturated heterocycles. The molecule has 88 valence electrons. The predicted octanol–water partition coefficient (Wildman–Crippen LogP) is 1.86. The summed E-state index contributed by atoms with van der Waals surface area (Å²) in [5, 5.41) is 6.04. The third kappa shape index (κ3) is 4.45. The molecule has 1 rings (SSSR count). The van der Waals surface area contributed by atoms with Crippen molar-refractivity contribution >= 4 is 5.91 Å². The summed E-state index contributed by atoms with van der Waals surface area (Å²) in [6.07, 6.45) is 0. The van der Waals surface area contributed by atoms with Crippen molar-refractivity contribution in [3.05, 3.63) is 35.9 Å². The van der Waals surface area contributed by atoms with Crippen molar-refractivity contribution < 1.29 is 4.79 Å². The lowest BCUT2D eigenvalue weighted by Crippen LogP contribution is -2.37. The smallest absolute Gasteiger partial charge is 0.234 e. The minimum atomic E-state index is 0.0325. The third-order valence-electron chi connectivity index (χ3n) is 2.35. The maximum Gasteiger partial charge on any atom is 0.234 e. The van der Waals surface area contributed by atoms with E-state index in [9.17, 15) is 4.79 Å². The largest absolute Gasteiger partial charge is 0.348 e. The number of rotatable bonds is 5. The quantitative estimate of drug-likeness (QED) is 0.795. The summed E-state index contributed by atoms with van der Waals surface area (Å²) in [6, 6.07) is 10.3.